The Bertz CT molecular complexity index is 1380. The highest BCUT2D eigenvalue weighted by atomic mass is 32.1. The molecule has 4 aromatic rings. The predicted octanol–water partition coefficient (Wildman–Crippen LogP) is 3.91. The van der Waals surface area contributed by atoms with Gasteiger partial charge in [0.2, 0.25) is 5.27 Å². The van der Waals surface area contributed by atoms with Gasteiger partial charge in [0.1, 0.15) is 4.83 Å². The van der Waals surface area contributed by atoms with Gasteiger partial charge < -0.3 is 10.8 Å². The number of nitrogens with zero attached hydrogens (tertiary/aromatic N) is 4. The van der Waals surface area contributed by atoms with Crippen molar-refractivity contribution in [1.82, 2.24) is 10.3 Å². The molecule has 170 valence electrons. The van der Waals surface area contributed by atoms with Crippen LogP contribution in [0.5, 0.6) is 0 Å². The molecule has 3 heterocycles. The second kappa shape index (κ2) is 8.74. The third-order valence-electron chi connectivity index (χ3n) is 5.47. The monoisotopic (exact) mass is 463 g/mol. The number of nitrogens with two attached hydrogens (primary N) is 1. The molecule has 0 atom stereocenters. The summed E-state index contributed by atoms with van der Waals surface area (Å²) in [5.41, 5.74) is 10.6. The lowest BCUT2D eigenvalue weighted by atomic mass is 9.92. The highest BCUT2D eigenvalue weighted by Gasteiger charge is 2.23. The van der Waals surface area contributed by atoms with Gasteiger partial charge in [-0.25, -0.2) is 9.98 Å². The van der Waals surface area contributed by atoms with E-state index in [9.17, 15) is 9.90 Å². The Morgan fingerprint density at radius 2 is 2.00 bits per heavy atom. The summed E-state index contributed by atoms with van der Waals surface area (Å²) in [4.78, 5) is 22.1. The van der Waals surface area contributed by atoms with Crippen molar-refractivity contribution in [2.45, 2.75) is 47.1 Å². The number of rotatable bonds is 6. The van der Waals surface area contributed by atoms with Gasteiger partial charge in [-0.2, -0.15) is 0 Å². The van der Waals surface area contributed by atoms with E-state index in [1.54, 1.807) is 17.8 Å². The Labute approximate surface area is 195 Å². The molecule has 1 aromatic carbocycles. The first-order valence-electron chi connectivity index (χ1n) is 10.7. The van der Waals surface area contributed by atoms with E-state index in [0.717, 1.165) is 23.3 Å². The molecule has 0 fully saturated rings. The summed E-state index contributed by atoms with van der Waals surface area (Å²) in [7, 11) is 0. The molecule has 4 rings (SSSR count). The number of anilines is 1. The maximum Gasteiger partial charge on any atom is 0.320 e. The van der Waals surface area contributed by atoms with Crippen LogP contribution in [0.15, 0.2) is 40.0 Å². The van der Waals surface area contributed by atoms with Crippen molar-refractivity contribution in [3.63, 3.8) is 0 Å². The van der Waals surface area contributed by atoms with Crippen LogP contribution in [0.25, 0.3) is 21.3 Å². The summed E-state index contributed by atoms with van der Waals surface area (Å²) >= 11 is 1.16. The maximum absolute atomic E-state index is 13.0. The lowest BCUT2D eigenvalue weighted by Gasteiger charge is -2.13. The lowest BCUT2D eigenvalue weighted by molar-refractivity contribution is -0.779. The number of aryl methyl sites for hydroxylation is 2. The Balaban J connectivity index is 1.93. The Hall–Kier alpha value is -3.59. The van der Waals surface area contributed by atoms with Gasteiger partial charge >= 0.3 is 5.88 Å². The normalized spacial score (nSPS) is 12.1. The zero-order chi connectivity index (χ0) is 23.9. The molecule has 0 saturated carbocycles. The fraction of sp³-hybridized carbons (Fsp3) is 0.292. The zero-order valence-corrected chi connectivity index (χ0v) is 20.0. The summed E-state index contributed by atoms with van der Waals surface area (Å²) in [5, 5.41) is 17.4. The minimum atomic E-state index is -0.545. The summed E-state index contributed by atoms with van der Waals surface area (Å²) in [6.45, 7) is 9.26. The fourth-order valence-electron chi connectivity index (χ4n) is 3.74. The van der Waals surface area contributed by atoms with Gasteiger partial charge in [-0.3, -0.25) is 9.32 Å². The molecule has 8 nitrogen and oxygen atoms in total. The molecule has 0 unspecified atom stereocenters. The van der Waals surface area contributed by atoms with Crippen LogP contribution in [0, 0.1) is 6.92 Å². The van der Waals surface area contributed by atoms with Crippen LogP contribution < -0.4 is 15.5 Å². The van der Waals surface area contributed by atoms with Crippen LogP contribution in [0.2, 0.25) is 0 Å². The molecule has 0 aliphatic carbocycles. The highest BCUT2D eigenvalue weighted by molar-refractivity contribution is 7.21. The lowest BCUT2D eigenvalue weighted by Crippen LogP contribution is -2.36. The third kappa shape index (κ3) is 4.11. The summed E-state index contributed by atoms with van der Waals surface area (Å²) in [6, 6.07) is 8.07. The molecule has 0 aliphatic heterocycles. The highest BCUT2D eigenvalue weighted by Crippen LogP contribution is 2.42. The molecule has 33 heavy (non-hydrogen) atoms. The average molecular weight is 464 g/mol. The number of aliphatic imine (C=N–C) groups is 1. The predicted molar refractivity (Wildman–Crippen MR) is 127 cm³/mol. The maximum atomic E-state index is 13.0. The van der Waals surface area contributed by atoms with Crippen LogP contribution >= 0.6 is 11.3 Å². The van der Waals surface area contributed by atoms with E-state index in [1.165, 1.54) is 12.5 Å². The molecular formula is C24H25N5O3S. The molecule has 0 amide bonds. The second-order valence-corrected chi connectivity index (χ2v) is 9.11. The Morgan fingerprint density at radius 1 is 1.30 bits per heavy atom. The van der Waals surface area contributed by atoms with Gasteiger partial charge in [-0.05, 0) is 49.9 Å². The number of thiophene rings is 1. The number of nitrogen functional groups attached to an aromatic ring is 1. The molecule has 0 aliphatic rings. The van der Waals surface area contributed by atoms with Crippen molar-refractivity contribution in [1.29, 1.82) is 0 Å². The number of fused-ring (bicyclic) bond motifs is 1. The summed E-state index contributed by atoms with van der Waals surface area (Å²) < 4.78 is 6.72. The smallest absolute Gasteiger partial charge is 0.320 e. The first kappa shape index (κ1) is 22.6. The van der Waals surface area contributed by atoms with E-state index in [2.05, 4.69) is 22.2 Å². The third-order valence-corrected chi connectivity index (χ3v) is 6.55. The van der Waals surface area contributed by atoms with Crippen LogP contribution in [0.4, 0.5) is 11.6 Å². The zero-order valence-electron chi connectivity index (χ0n) is 19.2. The van der Waals surface area contributed by atoms with Gasteiger partial charge in [0, 0.05) is 22.4 Å². The van der Waals surface area contributed by atoms with Gasteiger partial charge in [-0.15, -0.1) is 11.3 Å². The van der Waals surface area contributed by atoms with E-state index in [4.69, 9.17) is 10.3 Å². The number of hydrogen-bond acceptors (Lipinski definition) is 8. The average Bonchev–Trinajstić information content (AvgIpc) is 3.37. The first-order valence-corrected chi connectivity index (χ1v) is 11.5. The quantitative estimate of drug-likeness (QED) is 0.200. The molecule has 9 heteroatoms. The number of carbonyl (C=O) groups is 1. The fourth-order valence-corrected chi connectivity index (χ4v) is 4.78. The van der Waals surface area contributed by atoms with Crippen molar-refractivity contribution in [2.24, 2.45) is 4.99 Å². The summed E-state index contributed by atoms with van der Waals surface area (Å²) in [6.07, 6.45) is 2.47. The molecule has 3 aromatic heterocycles. The van der Waals surface area contributed by atoms with E-state index in [1.807, 2.05) is 38.1 Å². The molecule has 2 N–H and O–H groups in total. The number of aromatic nitrogens is 3. The van der Waals surface area contributed by atoms with Gasteiger partial charge in [0.05, 0.1) is 16.3 Å². The topological polar surface area (TPSA) is 121 Å². The van der Waals surface area contributed by atoms with Crippen molar-refractivity contribution >= 4 is 44.8 Å². The van der Waals surface area contributed by atoms with Gasteiger partial charge in [0.15, 0.2) is 11.8 Å². The van der Waals surface area contributed by atoms with Crippen molar-refractivity contribution in [3.8, 4) is 11.1 Å². The van der Waals surface area contributed by atoms with E-state index in [0.29, 0.717) is 27.0 Å². The standard InChI is InChI=1S/C24H25N5O3S/c1-6-15-7-9-16(10-8-15)19-18(14(5)30)13(4)26-24-20(19)21(25)22(33-24)23(31)27-17-11-29(12(2)3)28-32-17/h7-12H,6H2,1-5H3,(H2-,25,27,28,31). The van der Waals surface area contributed by atoms with Crippen molar-refractivity contribution in [3.05, 3.63) is 52.2 Å². The van der Waals surface area contributed by atoms with Crippen LogP contribution in [0.1, 0.15) is 60.2 Å². The largest absolute Gasteiger partial charge is 0.857 e. The van der Waals surface area contributed by atoms with Crippen molar-refractivity contribution in [2.75, 3.05) is 5.73 Å². The molecule has 0 bridgehead atoms. The minimum Gasteiger partial charge on any atom is -0.857 e. The van der Waals surface area contributed by atoms with Crippen molar-refractivity contribution < 1.29 is 19.1 Å². The number of hydrogen-bond donors (Lipinski definition) is 1. The van der Waals surface area contributed by atoms with Gasteiger partial charge in [-0.1, -0.05) is 31.2 Å². The number of pyridine rings is 1. The molecule has 0 spiro atoms. The van der Waals surface area contributed by atoms with Crippen LogP contribution in [0.3, 0.4) is 0 Å². The van der Waals surface area contributed by atoms with E-state index in [-0.39, 0.29) is 28.3 Å². The molecular weight excluding hydrogens is 438 g/mol. The van der Waals surface area contributed by atoms with E-state index >= 15 is 0 Å². The number of ketones is 1. The minimum absolute atomic E-state index is 0.0704. The molecule has 0 radical (unpaired) electrons. The second-order valence-electron chi connectivity index (χ2n) is 8.11. The number of Topliss-reactive ketones (excluding diaryl/α,β-unsaturated/α-hetero) is 1. The van der Waals surface area contributed by atoms with E-state index < -0.39 is 5.90 Å². The van der Waals surface area contributed by atoms with Crippen LogP contribution in [-0.2, 0) is 6.42 Å². The number of carbonyl (C=O) groups excluding carboxylic acids is 1. The Kier molecular flexibility index (Phi) is 5.99. The summed E-state index contributed by atoms with van der Waals surface area (Å²) in [5.74, 6) is -0.564. The SMILES string of the molecule is CCc1ccc(-c2c(C(C)=O)c(C)nc3sc(/C([O-])=N/c4c[n+](C(C)C)no4)c(N)c23)cc1. The van der Waals surface area contributed by atoms with Crippen LogP contribution in [-0.4, -0.2) is 21.9 Å². The first-order chi connectivity index (χ1) is 15.7. The molecule has 0 saturated heterocycles. The number of benzene rings is 1. The van der Waals surface area contributed by atoms with Gasteiger partial charge in [0.25, 0.3) is 6.20 Å². The Morgan fingerprint density at radius 3 is 2.58 bits per heavy atom.